The van der Waals surface area contributed by atoms with Crippen LogP contribution in [0.3, 0.4) is 0 Å². The van der Waals surface area contributed by atoms with Gasteiger partial charge in [-0.2, -0.15) is 0 Å². The van der Waals surface area contributed by atoms with Crippen molar-refractivity contribution in [3.8, 4) is 0 Å². The lowest BCUT2D eigenvalue weighted by Crippen LogP contribution is -2.67. The maximum Gasteiger partial charge on any atom is 0.302 e. The average molecular weight is 510 g/mol. The quantitative estimate of drug-likeness (QED) is 0.153. The van der Waals surface area contributed by atoms with E-state index in [1.807, 2.05) is 0 Å². The molecule has 0 aliphatic heterocycles. The first kappa shape index (κ1) is 27.2. The second-order valence-corrected chi connectivity index (χ2v) is 14.4. The van der Waals surface area contributed by atoms with Gasteiger partial charge in [-0.3, -0.25) is 14.9 Å². The molecule has 0 radical (unpaired) electrons. The Morgan fingerprint density at radius 1 is 1.09 bits per heavy atom. The van der Waals surface area contributed by atoms with Gasteiger partial charge >= 0.3 is 5.97 Å². The van der Waals surface area contributed by atoms with Crippen LogP contribution in [0.15, 0.2) is 0 Å². The van der Waals surface area contributed by atoms with Gasteiger partial charge < -0.3 is 4.74 Å². The van der Waals surface area contributed by atoms with Crippen LogP contribution in [0.25, 0.3) is 0 Å². The predicted molar refractivity (Wildman–Crippen MR) is 140 cm³/mol. The number of hydrogen-bond donors (Lipinski definition) is 0. The van der Waals surface area contributed by atoms with E-state index in [0.29, 0.717) is 30.6 Å². The Hall–Kier alpha value is -0.840. The van der Waals surface area contributed by atoms with Crippen molar-refractivity contribution >= 4 is 17.6 Å². The number of fused-ring (bicyclic) bond motifs is 5. The van der Waals surface area contributed by atoms with E-state index in [2.05, 4.69) is 34.6 Å². The van der Waals surface area contributed by atoms with Crippen LogP contribution in [0.1, 0.15) is 112 Å². The summed E-state index contributed by atoms with van der Waals surface area (Å²) in [6.07, 6.45) is 11.0. The molecular formula is C29H48ClNO4. The van der Waals surface area contributed by atoms with Crippen molar-refractivity contribution in [1.82, 2.24) is 0 Å². The van der Waals surface area contributed by atoms with Crippen LogP contribution >= 0.6 is 11.6 Å². The van der Waals surface area contributed by atoms with Gasteiger partial charge in [0.25, 0.3) is 0 Å². The van der Waals surface area contributed by atoms with E-state index in [0.717, 1.165) is 37.0 Å². The van der Waals surface area contributed by atoms with E-state index in [-0.39, 0.29) is 27.8 Å². The third-order valence-corrected chi connectivity index (χ3v) is 12.4. The first-order valence-electron chi connectivity index (χ1n) is 14.3. The van der Waals surface area contributed by atoms with Gasteiger partial charge in [-0.1, -0.05) is 53.9 Å². The lowest BCUT2D eigenvalue weighted by molar-refractivity contribution is -0.543. The van der Waals surface area contributed by atoms with Gasteiger partial charge in [-0.25, -0.2) is 0 Å². The number of carbonyl (C=O) groups is 1. The van der Waals surface area contributed by atoms with Crippen LogP contribution in [-0.2, 0) is 9.53 Å². The van der Waals surface area contributed by atoms with Crippen molar-refractivity contribution in [2.45, 2.75) is 129 Å². The summed E-state index contributed by atoms with van der Waals surface area (Å²) < 4.78 is 5.54. The molecule has 4 saturated carbocycles. The molecule has 0 saturated heterocycles. The topological polar surface area (TPSA) is 69.4 Å². The van der Waals surface area contributed by atoms with Gasteiger partial charge in [0.1, 0.15) is 11.0 Å². The fraction of sp³-hybridized carbons (Fsp3) is 0.966. The summed E-state index contributed by atoms with van der Waals surface area (Å²) in [5.41, 5.74) is -0.00860. The molecule has 0 amide bonds. The van der Waals surface area contributed by atoms with Gasteiger partial charge in [-0.15, -0.1) is 11.6 Å². The number of alkyl halides is 1. The summed E-state index contributed by atoms with van der Waals surface area (Å²) in [7, 11) is 0. The number of ether oxygens (including phenoxy) is 1. The van der Waals surface area contributed by atoms with E-state index in [4.69, 9.17) is 16.3 Å². The Balaban J connectivity index is 1.58. The third kappa shape index (κ3) is 4.55. The molecule has 0 unspecified atom stereocenters. The summed E-state index contributed by atoms with van der Waals surface area (Å²) in [5, 5.41) is 12.5. The molecule has 0 aromatic rings. The van der Waals surface area contributed by atoms with Crippen LogP contribution in [-0.4, -0.2) is 27.9 Å². The lowest BCUT2D eigenvalue weighted by Gasteiger charge is -2.64. The number of nitrogens with zero attached hydrogens (tertiary/aromatic N) is 1. The fourth-order valence-corrected chi connectivity index (χ4v) is 10.4. The largest absolute Gasteiger partial charge is 0.462 e. The van der Waals surface area contributed by atoms with Crippen LogP contribution < -0.4 is 0 Å². The molecule has 0 spiro atoms. The SMILES string of the molecule is CC(=O)O[C@@H]1CC[C@]2(C)[C@@H]3CC[C@]4(C)[C@H](CC[C@@H]4[C@H](C)CCCC(C)C)[C@@H]3C[C@@H]([N+](=O)[O-])[C@@]2(Cl)C1. The van der Waals surface area contributed by atoms with Crippen molar-refractivity contribution in [1.29, 1.82) is 0 Å². The highest BCUT2D eigenvalue weighted by Gasteiger charge is 2.71. The molecule has 35 heavy (non-hydrogen) atoms. The Kier molecular flexibility index (Phi) is 7.62. The zero-order valence-electron chi connectivity index (χ0n) is 22.9. The molecule has 0 heterocycles. The number of hydrogen-bond acceptors (Lipinski definition) is 4. The van der Waals surface area contributed by atoms with Gasteiger partial charge in [0, 0.05) is 24.7 Å². The number of rotatable bonds is 7. The molecule has 4 aliphatic rings. The van der Waals surface area contributed by atoms with Crippen molar-refractivity contribution < 1.29 is 14.5 Å². The molecule has 6 heteroatoms. The molecule has 0 aromatic heterocycles. The zero-order valence-corrected chi connectivity index (χ0v) is 23.6. The normalized spacial score (nSPS) is 45.8. The summed E-state index contributed by atoms with van der Waals surface area (Å²) in [5.74, 6) is 3.24. The minimum Gasteiger partial charge on any atom is -0.462 e. The number of nitro groups is 1. The minimum absolute atomic E-state index is 0.0927. The third-order valence-electron chi connectivity index (χ3n) is 11.5. The summed E-state index contributed by atoms with van der Waals surface area (Å²) >= 11 is 7.38. The molecule has 0 N–H and O–H groups in total. The van der Waals surface area contributed by atoms with Gasteiger partial charge in [0.05, 0.1) is 0 Å². The van der Waals surface area contributed by atoms with E-state index in [1.54, 1.807) is 0 Å². The standard InChI is InChI=1S/C29H48ClNO4/c1-18(2)8-7-9-19(3)23-10-11-24-22-16-26(31(33)34)29(30)17-21(35-20(4)32)12-15-28(29,6)25(22)13-14-27(23,24)5/h18-19,21-26H,7-17H2,1-6H3/t19-,21-,22+,23-,24-,25-,26-,27+,28-,29+/m1/s1. The van der Waals surface area contributed by atoms with Crippen molar-refractivity contribution in [3.05, 3.63) is 10.1 Å². The zero-order chi connectivity index (χ0) is 25.8. The van der Waals surface area contributed by atoms with Crippen molar-refractivity contribution in [3.63, 3.8) is 0 Å². The smallest absolute Gasteiger partial charge is 0.302 e. The van der Waals surface area contributed by atoms with E-state index in [9.17, 15) is 14.9 Å². The maximum absolute atomic E-state index is 12.5. The molecule has 4 rings (SSSR count). The first-order valence-corrected chi connectivity index (χ1v) is 14.7. The second kappa shape index (κ2) is 9.80. The summed E-state index contributed by atoms with van der Waals surface area (Å²) in [6, 6.07) is -0.779. The van der Waals surface area contributed by atoms with Crippen molar-refractivity contribution in [2.24, 2.45) is 46.3 Å². The number of halogens is 1. The van der Waals surface area contributed by atoms with E-state index in [1.165, 1.54) is 45.4 Å². The fourth-order valence-electron chi connectivity index (χ4n) is 9.81. The second-order valence-electron chi connectivity index (χ2n) is 13.7. The molecule has 4 fully saturated rings. The summed E-state index contributed by atoms with van der Waals surface area (Å²) in [4.78, 5) is 23.1. The highest BCUT2D eigenvalue weighted by molar-refractivity contribution is 6.25. The van der Waals surface area contributed by atoms with Gasteiger partial charge in [0.15, 0.2) is 0 Å². The molecule has 5 nitrogen and oxygen atoms in total. The molecule has 4 aliphatic carbocycles. The molecule has 0 aromatic carbocycles. The Labute approximate surface area is 217 Å². The Morgan fingerprint density at radius 3 is 2.43 bits per heavy atom. The van der Waals surface area contributed by atoms with Gasteiger partial charge in [-0.05, 0) is 84.9 Å². The van der Waals surface area contributed by atoms with Crippen LogP contribution in [0, 0.1) is 56.5 Å². The van der Waals surface area contributed by atoms with E-state index < -0.39 is 10.9 Å². The van der Waals surface area contributed by atoms with E-state index >= 15 is 0 Å². The van der Waals surface area contributed by atoms with Gasteiger partial charge in [0.2, 0.25) is 6.04 Å². The minimum atomic E-state index is -0.952. The first-order chi connectivity index (χ1) is 16.3. The monoisotopic (exact) mass is 509 g/mol. The predicted octanol–water partition coefficient (Wildman–Crippen LogP) is 7.66. The average Bonchev–Trinajstić information content (AvgIpc) is 3.10. The number of carbonyl (C=O) groups excluding carboxylic acids is 1. The number of esters is 1. The molecule has 200 valence electrons. The maximum atomic E-state index is 12.5. The Bertz CT molecular complexity index is 819. The Morgan fingerprint density at radius 2 is 1.80 bits per heavy atom. The summed E-state index contributed by atoms with van der Waals surface area (Å²) in [6.45, 7) is 13.3. The van der Waals surface area contributed by atoms with Crippen LogP contribution in [0.4, 0.5) is 0 Å². The van der Waals surface area contributed by atoms with Crippen LogP contribution in [0.5, 0.6) is 0 Å². The molecular weight excluding hydrogens is 462 g/mol. The lowest BCUT2D eigenvalue weighted by atomic mass is 9.43. The highest BCUT2D eigenvalue weighted by atomic mass is 35.5. The highest BCUT2D eigenvalue weighted by Crippen LogP contribution is 2.70. The van der Waals surface area contributed by atoms with Crippen LogP contribution in [0.2, 0.25) is 0 Å². The molecule has 0 bridgehead atoms. The van der Waals surface area contributed by atoms with Crippen molar-refractivity contribution in [2.75, 3.05) is 0 Å². The molecule has 10 atom stereocenters.